The number of nitrogens with two attached hydrogens (primary N) is 1. The molecule has 2 aliphatic rings. The molecule has 2 aliphatic heterocycles. The Morgan fingerprint density at radius 2 is 2.00 bits per heavy atom. The zero-order valence-electron chi connectivity index (χ0n) is 16.6. The van der Waals surface area contributed by atoms with Gasteiger partial charge >= 0.3 is 6.09 Å². The quantitative estimate of drug-likeness (QED) is 0.616. The Labute approximate surface area is 184 Å². The van der Waals surface area contributed by atoms with Crippen molar-refractivity contribution in [2.45, 2.75) is 25.1 Å². The van der Waals surface area contributed by atoms with Gasteiger partial charge < -0.3 is 25.1 Å². The number of furan rings is 1. The number of nitrogens with zero attached hydrogens (tertiary/aromatic N) is 2. The molecule has 3 heterocycles. The molecule has 3 aromatic rings. The number of hydrogen-bond donors (Lipinski definition) is 2. The molecule has 1 spiro atoms. The fraction of sp³-hybridized carbons (Fsp3) is 0.273. The molecular formula is C22H22ClFN4O3. The summed E-state index contributed by atoms with van der Waals surface area (Å²) in [6.45, 7) is 0.978. The first-order chi connectivity index (χ1) is 14.5. The number of fused-ring (bicyclic) bond motifs is 2. The molecule has 0 atom stereocenters. The van der Waals surface area contributed by atoms with E-state index in [9.17, 15) is 9.18 Å². The number of carbonyl (C=O) groups is 1. The summed E-state index contributed by atoms with van der Waals surface area (Å²) < 4.78 is 25.2. The van der Waals surface area contributed by atoms with Crippen LogP contribution in [0.2, 0.25) is 0 Å². The van der Waals surface area contributed by atoms with Crippen LogP contribution < -0.4 is 11.1 Å². The smallest absolute Gasteiger partial charge is 0.410 e. The summed E-state index contributed by atoms with van der Waals surface area (Å²) in [7, 11) is 0. The van der Waals surface area contributed by atoms with Crippen LogP contribution in [0, 0.1) is 5.82 Å². The molecule has 1 saturated heterocycles. The average molecular weight is 445 g/mol. The lowest BCUT2D eigenvalue weighted by Crippen LogP contribution is -2.52. The lowest BCUT2D eigenvalue weighted by atomic mass is 9.94. The molecule has 3 N–H and O–H groups in total. The van der Waals surface area contributed by atoms with Gasteiger partial charge in [-0.25, -0.2) is 14.2 Å². The van der Waals surface area contributed by atoms with E-state index >= 15 is 0 Å². The second-order valence-electron chi connectivity index (χ2n) is 7.61. The second-order valence-corrected chi connectivity index (χ2v) is 7.61. The Bertz CT molecular complexity index is 1120. The summed E-state index contributed by atoms with van der Waals surface area (Å²) in [5.74, 6) is 0.383. The van der Waals surface area contributed by atoms with Crippen molar-refractivity contribution in [1.82, 2.24) is 4.90 Å². The third-order valence-electron chi connectivity index (χ3n) is 5.63. The Kier molecular flexibility index (Phi) is 5.49. The fourth-order valence-electron chi connectivity index (χ4n) is 4.08. The monoisotopic (exact) mass is 444 g/mol. The molecule has 2 aromatic carbocycles. The van der Waals surface area contributed by atoms with Crippen LogP contribution in [0.3, 0.4) is 0 Å². The van der Waals surface area contributed by atoms with Crippen molar-refractivity contribution in [3.8, 4) is 0 Å². The molecule has 1 fully saturated rings. The molecule has 0 unspecified atom stereocenters. The van der Waals surface area contributed by atoms with Crippen LogP contribution in [0.1, 0.15) is 24.2 Å². The van der Waals surface area contributed by atoms with E-state index in [-0.39, 0.29) is 24.8 Å². The normalized spacial score (nSPS) is 16.8. The number of nitrogens with one attached hydrogen (secondary N) is 1. The highest BCUT2D eigenvalue weighted by Crippen LogP contribution is 2.35. The molecule has 0 bridgehead atoms. The number of rotatable bonds is 2. The summed E-state index contributed by atoms with van der Waals surface area (Å²) in [4.78, 5) is 18.7. The van der Waals surface area contributed by atoms with E-state index in [1.807, 2.05) is 30.3 Å². The fourth-order valence-corrected chi connectivity index (χ4v) is 4.08. The number of anilines is 1. The van der Waals surface area contributed by atoms with Crippen molar-refractivity contribution < 1.29 is 18.3 Å². The summed E-state index contributed by atoms with van der Waals surface area (Å²) in [5.41, 5.74) is 7.10. The van der Waals surface area contributed by atoms with E-state index < -0.39 is 17.6 Å². The number of halogens is 2. The van der Waals surface area contributed by atoms with E-state index in [1.165, 1.54) is 6.07 Å². The SMILES string of the molecule is Cl.NC1=NC2(CCN(C(=O)OCc3cc4ccccc4o3)CC2)Nc2cccc(F)c21. The summed E-state index contributed by atoms with van der Waals surface area (Å²) in [6, 6.07) is 14.3. The van der Waals surface area contributed by atoms with Crippen molar-refractivity contribution in [2.75, 3.05) is 18.4 Å². The molecule has 0 radical (unpaired) electrons. The van der Waals surface area contributed by atoms with Gasteiger partial charge in [-0.1, -0.05) is 24.3 Å². The lowest BCUT2D eigenvalue weighted by Gasteiger charge is -2.42. The standard InChI is InChI=1S/C22H21FN4O3.ClH/c23-16-5-3-6-17-19(16)20(24)26-22(25-17)8-10-27(11-9-22)21(28)29-13-15-12-14-4-1-2-7-18(14)30-15;/h1-7,12,25H,8-11,13H2,(H2,24,26);1H. The first-order valence-electron chi connectivity index (χ1n) is 9.85. The highest BCUT2D eigenvalue weighted by Gasteiger charge is 2.39. The van der Waals surface area contributed by atoms with E-state index in [0.717, 1.165) is 11.0 Å². The summed E-state index contributed by atoms with van der Waals surface area (Å²) in [6.07, 6.45) is 0.691. The topological polar surface area (TPSA) is 93.1 Å². The molecule has 31 heavy (non-hydrogen) atoms. The number of para-hydroxylation sites is 1. The minimum atomic E-state index is -0.638. The van der Waals surface area contributed by atoms with E-state index in [1.54, 1.807) is 17.0 Å². The predicted octanol–water partition coefficient (Wildman–Crippen LogP) is 4.25. The summed E-state index contributed by atoms with van der Waals surface area (Å²) in [5, 5.41) is 4.29. The third-order valence-corrected chi connectivity index (χ3v) is 5.63. The first-order valence-corrected chi connectivity index (χ1v) is 9.85. The van der Waals surface area contributed by atoms with E-state index in [2.05, 4.69) is 10.3 Å². The number of aliphatic imine (C=N–C) groups is 1. The lowest BCUT2D eigenvalue weighted by molar-refractivity contribution is 0.0765. The maximum Gasteiger partial charge on any atom is 0.410 e. The number of benzene rings is 2. The van der Waals surface area contributed by atoms with Gasteiger partial charge in [-0.2, -0.15) is 0 Å². The zero-order chi connectivity index (χ0) is 20.7. The second kappa shape index (κ2) is 8.11. The van der Waals surface area contributed by atoms with Crippen molar-refractivity contribution in [1.29, 1.82) is 0 Å². The van der Waals surface area contributed by atoms with Gasteiger partial charge in [0.05, 0.1) is 5.56 Å². The number of hydrogen-bond acceptors (Lipinski definition) is 6. The van der Waals surface area contributed by atoms with Crippen molar-refractivity contribution in [3.05, 3.63) is 65.7 Å². The van der Waals surface area contributed by atoms with Crippen LogP contribution in [-0.2, 0) is 11.3 Å². The Hall–Kier alpha value is -3.26. The molecule has 1 aromatic heterocycles. The highest BCUT2D eigenvalue weighted by atomic mass is 35.5. The van der Waals surface area contributed by atoms with Gasteiger partial charge in [-0.05, 0) is 24.3 Å². The summed E-state index contributed by atoms with van der Waals surface area (Å²) >= 11 is 0. The van der Waals surface area contributed by atoms with Crippen molar-refractivity contribution in [3.63, 3.8) is 0 Å². The number of piperidine rings is 1. The number of likely N-dealkylation sites (tertiary alicyclic amines) is 1. The molecule has 162 valence electrons. The van der Waals surface area contributed by atoms with Crippen LogP contribution in [0.4, 0.5) is 14.9 Å². The third kappa shape index (κ3) is 3.90. The Morgan fingerprint density at radius 1 is 1.23 bits per heavy atom. The molecule has 9 heteroatoms. The van der Waals surface area contributed by atoms with Crippen LogP contribution in [0.5, 0.6) is 0 Å². The number of amides is 1. The average Bonchev–Trinajstić information content (AvgIpc) is 3.15. The number of ether oxygens (including phenoxy) is 1. The van der Waals surface area contributed by atoms with Crippen molar-refractivity contribution in [2.24, 2.45) is 10.7 Å². The van der Waals surface area contributed by atoms with E-state index in [4.69, 9.17) is 14.9 Å². The van der Waals surface area contributed by atoms with Gasteiger partial charge in [0.1, 0.15) is 28.7 Å². The zero-order valence-corrected chi connectivity index (χ0v) is 17.5. The maximum absolute atomic E-state index is 14.1. The minimum Gasteiger partial charge on any atom is -0.457 e. The highest BCUT2D eigenvalue weighted by molar-refractivity contribution is 6.04. The van der Waals surface area contributed by atoms with Crippen LogP contribution in [0.15, 0.2) is 57.9 Å². The number of carbonyl (C=O) groups excluding carboxylic acids is 1. The van der Waals surface area contributed by atoms with E-state index in [0.29, 0.717) is 42.9 Å². The van der Waals surface area contributed by atoms with Crippen LogP contribution >= 0.6 is 12.4 Å². The van der Waals surface area contributed by atoms with Crippen molar-refractivity contribution >= 4 is 41.0 Å². The van der Waals surface area contributed by atoms with Gasteiger partial charge in [0.25, 0.3) is 0 Å². The van der Waals surface area contributed by atoms with Gasteiger partial charge in [-0.3, -0.25) is 0 Å². The molecule has 0 saturated carbocycles. The predicted molar refractivity (Wildman–Crippen MR) is 118 cm³/mol. The Balaban J connectivity index is 0.00000231. The van der Waals surface area contributed by atoms with Gasteiger partial charge in [-0.15, -0.1) is 12.4 Å². The van der Waals surface area contributed by atoms with Gasteiger partial charge in [0, 0.05) is 37.0 Å². The first kappa shape index (κ1) is 21.0. The minimum absolute atomic E-state index is 0. The van der Waals surface area contributed by atoms with Gasteiger partial charge in [0.15, 0.2) is 6.61 Å². The molecule has 1 amide bonds. The Morgan fingerprint density at radius 3 is 2.77 bits per heavy atom. The molecule has 5 rings (SSSR count). The molecule has 7 nitrogen and oxygen atoms in total. The maximum atomic E-state index is 14.1. The van der Waals surface area contributed by atoms with Crippen LogP contribution in [0.25, 0.3) is 11.0 Å². The van der Waals surface area contributed by atoms with Crippen LogP contribution in [-0.4, -0.2) is 35.6 Å². The van der Waals surface area contributed by atoms with Gasteiger partial charge in [0.2, 0.25) is 0 Å². The largest absolute Gasteiger partial charge is 0.457 e. The molecule has 0 aliphatic carbocycles. The number of amidine groups is 1. The molecular weight excluding hydrogens is 423 g/mol.